The molecule has 0 bridgehead atoms. The van der Waals surface area contributed by atoms with Crippen molar-refractivity contribution < 1.29 is 19.0 Å². The normalized spacial score (nSPS) is 16.2. The van der Waals surface area contributed by atoms with Crippen LogP contribution in [-0.4, -0.2) is 50.2 Å². The molecule has 4 aromatic rings. The number of imidazole rings is 1. The third-order valence-electron chi connectivity index (χ3n) is 7.19. The summed E-state index contributed by atoms with van der Waals surface area (Å²) in [6, 6.07) is 17.4. The van der Waals surface area contributed by atoms with Crippen molar-refractivity contribution in [2.45, 2.75) is 30.2 Å². The molecule has 6 rings (SSSR count). The smallest absolute Gasteiger partial charge is 0.335 e. The van der Waals surface area contributed by atoms with E-state index in [-0.39, 0.29) is 11.4 Å². The molecule has 41 heavy (non-hydrogen) atoms. The van der Waals surface area contributed by atoms with Crippen molar-refractivity contribution in [1.82, 2.24) is 19.4 Å². The van der Waals surface area contributed by atoms with E-state index >= 15 is 0 Å². The van der Waals surface area contributed by atoms with Gasteiger partial charge in [0, 0.05) is 31.5 Å². The Labute approximate surface area is 240 Å². The molecule has 0 aliphatic carbocycles. The van der Waals surface area contributed by atoms with Gasteiger partial charge in [0.05, 0.1) is 52.1 Å². The molecule has 2 aromatic carbocycles. The fraction of sp³-hybridized carbons (Fsp3) is 0.226. The first-order valence-corrected chi connectivity index (χ1v) is 14.2. The maximum absolute atomic E-state index is 14.3. The minimum absolute atomic E-state index is 0.221. The summed E-state index contributed by atoms with van der Waals surface area (Å²) < 4.78 is 21.8. The summed E-state index contributed by atoms with van der Waals surface area (Å²) >= 11 is 1.46. The van der Waals surface area contributed by atoms with Crippen LogP contribution in [0.4, 0.5) is 4.39 Å². The minimum Gasteiger partial charge on any atom is -0.496 e. The number of ether oxygens (including phenoxy) is 1. The first kappa shape index (κ1) is 26.7. The van der Waals surface area contributed by atoms with Crippen LogP contribution in [-0.2, 0) is 17.0 Å². The lowest BCUT2D eigenvalue weighted by atomic mass is 10.0. The largest absolute Gasteiger partial charge is 0.496 e. The Hall–Kier alpha value is -4.46. The van der Waals surface area contributed by atoms with Gasteiger partial charge in [0.2, 0.25) is 0 Å². The number of carboxylic acid groups (broad SMARTS) is 1. The van der Waals surface area contributed by atoms with Crippen molar-refractivity contribution >= 4 is 40.5 Å². The number of hydrogen-bond donors (Lipinski definition) is 1. The topological polar surface area (TPSA) is 104 Å². The van der Waals surface area contributed by atoms with Crippen LogP contribution in [0.3, 0.4) is 0 Å². The second-order valence-corrected chi connectivity index (χ2v) is 10.9. The molecule has 0 radical (unpaired) electrons. The molecule has 0 spiro atoms. The van der Waals surface area contributed by atoms with E-state index < -0.39 is 5.97 Å². The highest BCUT2D eigenvalue weighted by Gasteiger charge is 2.20. The quantitative estimate of drug-likeness (QED) is 0.261. The maximum atomic E-state index is 14.3. The minimum atomic E-state index is -0.972. The van der Waals surface area contributed by atoms with Crippen LogP contribution < -0.4 is 0 Å². The number of aromatic nitrogens is 3. The monoisotopic (exact) mass is 567 g/mol. The van der Waals surface area contributed by atoms with E-state index in [1.807, 2.05) is 35.0 Å². The van der Waals surface area contributed by atoms with Gasteiger partial charge in [-0.05, 0) is 60.0 Å². The Balaban J connectivity index is 1.15. The number of fused-ring (bicyclic) bond motifs is 1. The molecule has 1 N–H and O–H groups in total. The van der Waals surface area contributed by atoms with Gasteiger partial charge in [0.1, 0.15) is 17.4 Å². The number of thioether (sulfide) groups is 1. The fourth-order valence-corrected chi connectivity index (χ4v) is 5.72. The summed E-state index contributed by atoms with van der Waals surface area (Å²) in [6.07, 6.45) is 5.77. The summed E-state index contributed by atoms with van der Waals surface area (Å²) in [5.74, 6) is 0.763. The fourth-order valence-electron chi connectivity index (χ4n) is 4.84. The van der Waals surface area contributed by atoms with Gasteiger partial charge in [-0.15, -0.1) is 11.8 Å². The number of carbonyl (C=O) groups is 1. The number of hydrogen-bond acceptors (Lipinski definition) is 7. The predicted octanol–water partition coefficient (Wildman–Crippen LogP) is 5.94. The molecular formula is C31H26FN5O3S. The van der Waals surface area contributed by atoms with E-state index in [1.165, 1.54) is 17.8 Å². The van der Waals surface area contributed by atoms with E-state index in [0.29, 0.717) is 30.0 Å². The zero-order chi connectivity index (χ0) is 28.3. The first-order valence-electron chi connectivity index (χ1n) is 13.2. The number of pyridine rings is 1. The van der Waals surface area contributed by atoms with Crippen LogP contribution in [0.1, 0.15) is 45.8 Å². The zero-order valence-corrected chi connectivity index (χ0v) is 22.9. The highest BCUT2D eigenvalue weighted by atomic mass is 32.2. The second-order valence-electron chi connectivity index (χ2n) is 9.88. The standard InChI is InChI=1S/C31H26FN5O3S/c32-25-14-20(16-33)4-5-23(25)19-41-30-3-1-2-26(35-30)21-8-11-36(12-9-21)18-29-34-27-7-6-22(31(38)39)15-28(27)37(29)17-24-10-13-40-24/h1-8,14-15,17H,9-13,18-19H2,(H,38,39). The molecule has 0 unspecified atom stereocenters. The zero-order valence-electron chi connectivity index (χ0n) is 22.1. The van der Waals surface area contributed by atoms with Crippen LogP contribution >= 0.6 is 11.8 Å². The van der Waals surface area contributed by atoms with Crippen LogP contribution in [0.25, 0.3) is 22.8 Å². The average molecular weight is 568 g/mol. The molecule has 1 fully saturated rings. The molecule has 4 heterocycles. The second kappa shape index (κ2) is 11.6. The maximum Gasteiger partial charge on any atom is 0.335 e. The number of rotatable bonds is 8. The summed E-state index contributed by atoms with van der Waals surface area (Å²) in [6.45, 7) is 2.83. The van der Waals surface area contributed by atoms with Gasteiger partial charge < -0.3 is 9.84 Å². The summed E-state index contributed by atoms with van der Waals surface area (Å²) in [5, 5.41) is 19.2. The van der Waals surface area contributed by atoms with Gasteiger partial charge in [0.15, 0.2) is 0 Å². The number of aromatic carboxylic acids is 1. The molecule has 0 saturated carbocycles. The molecular weight excluding hydrogens is 541 g/mol. The Morgan fingerprint density at radius 2 is 2.05 bits per heavy atom. The lowest BCUT2D eigenvalue weighted by Gasteiger charge is -2.26. The number of halogens is 1. The van der Waals surface area contributed by atoms with Crippen molar-refractivity contribution in [2.75, 3.05) is 19.7 Å². The van der Waals surface area contributed by atoms with Crippen molar-refractivity contribution in [3.63, 3.8) is 0 Å². The molecule has 0 atom stereocenters. The SMILES string of the molecule is N#Cc1ccc(CSc2cccc(C3=CCN(Cc4nc5ccc(C(=O)O)cc5n4C=C4CCO4)CC3)n2)c(F)c1. The van der Waals surface area contributed by atoms with Crippen LogP contribution in [0, 0.1) is 17.1 Å². The van der Waals surface area contributed by atoms with Gasteiger partial charge in [0.25, 0.3) is 0 Å². The molecule has 8 nitrogen and oxygen atoms in total. The lowest BCUT2D eigenvalue weighted by molar-refractivity contribution is 0.0697. The average Bonchev–Trinajstić information content (AvgIpc) is 3.30. The third kappa shape index (κ3) is 5.87. The molecule has 2 aliphatic heterocycles. The van der Waals surface area contributed by atoms with E-state index in [9.17, 15) is 14.3 Å². The van der Waals surface area contributed by atoms with Crippen molar-refractivity contribution in [1.29, 1.82) is 5.26 Å². The molecule has 206 valence electrons. The van der Waals surface area contributed by atoms with E-state index in [0.717, 1.165) is 64.8 Å². The van der Waals surface area contributed by atoms with Crippen molar-refractivity contribution in [3.8, 4) is 6.07 Å². The van der Waals surface area contributed by atoms with Gasteiger partial charge in [-0.3, -0.25) is 9.47 Å². The Bertz CT molecular complexity index is 1750. The summed E-state index contributed by atoms with van der Waals surface area (Å²) in [5.41, 5.74) is 4.64. The molecule has 1 saturated heterocycles. The van der Waals surface area contributed by atoms with E-state index in [4.69, 9.17) is 20.0 Å². The van der Waals surface area contributed by atoms with Crippen LogP contribution in [0.5, 0.6) is 0 Å². The number of benzene rings is 2. The number of nitriles is 1. The van der Waals surface area contributed by atoms with Gasteiger partial charge in [-0.25, -0.2) is 19.2 Å². The molecule has 0 amide bonds. The van der Waals surface area contributed by atoms with Gasteiger partial charge in [-0.2, -0.15) is 5.26 Å². The summed E-state index contributed by atoms with van der Waals surface area (Å²) in [4.78, 5) is 23.5. The van der Waals surface area contributed by atoms with Crippen molar-refractivity contribution in [3.05, 3.63) is 100 Å². The van der Waals surface area contributed by atoms with Crippen LogP contribution in [0.15, 0.2) is 71.5 Å². The Morgan fingerprint density at radius 1 is 1.17 bits per heavy atom. The van der Waals surface area contributed by atoms with Crippen LogP contribution in [0.2, 0.25) is 0 Å². The van der Waals surface area contributed by atoms with E-state index in [1.54, 1.807) is 30.3 Å². The van der Waals surface area contributed by atoms with Crippen molar-refractivity contribution in [2.24, 2.45) is 0 Å². The highest BCUT2D eigenvalue weighted by molar-refractivity contribution is 7.98. The number of nitrogens with zero attached hydrogens (tertiary/aromatic N) is 5. The number of carboxylic acids is 1. The predicted molar refractivity (Wildman–Crippen MR) is 154 cm³/mol. The van der Waals surface area contributed by atoms with Gasteiger partial charge >= 0.3 is 5.97 Å². The first-order chi connectivity index (χ1) is 20.0. The highest BCUT2D eigenvalue weighted by Crippen LogP contribution is 2.28. The molecule has 2 aliphatic rings. The van der Waals surface area contributed by atoms with E-state index in [2.05, 4.69) is 11.0 Å². The summed E-state index contributed by atoms with van der Waals surface area (Å²) in [7, 11) is 0. The molecule has 2 aromatic heterocycles. The Kier molecular flexibility index (Phi) is 7.55. The lowest BCUT2D eigenvalue weighted by Crippen LogP contribution is -2.29. The Morgan fingerprint density at radius 3 is 2.76 bits per heavy atom. The molecule has 10 heteroatoms. The third-order valence-corrected chi connectivity index (χ3v) is 8.17. The van der Waals surface area contributed by atoms with Gasteiger partial charge in [-0.1, -0.05) is 18.2 Å².